The van der Waals surface area contributed by atoms with Gasteiger partial charge in [0.25, 0.3) is 0 Å². The van der Waals surface area contributed by atoms with Crippen molar-refractivity contribution in [2.75, 3.05) is 5.32 Å². The third-order valence-corrected chi connectivity index (χ3v) is 6.35. The van der Waals surface area contributed by atoms with Crippen LogP contribution in [0.2, 0.25) is 0 Å². The van der Waals surface area contributed by atoms with E-state index >= 15 is 0 Å². The molecule has 9 heteroatoms. The molecule has 1 atom stereocenters. The maximum absolute atomic E-state index is 13.9. The molecule has 37 heavy (non-hydrogen) atoms. The van der Waals surface area contributed by atoms with Gasteiger partial charge >= 0.3 is 5.76 Å². The van der Waals surface area contributed by atoms with Crippen molar-refractivity contribution in [1.29, 1.82) is 0 Å². The van der Waals surface area contributed by atoms with Gasteiger partial charge < -0.3 is 9.73 Å². The summed E-state index contributed by atoms with van der Waals surface area (Å²) in [4.78, 5) is 32.0. The summed E-state index contributed by atoms with van der Waals surface area (Å²) in [5.41, 5.74) is 5.27. The van der Waals surface area contributed by atoms with Crippen molar-refractivity contribution in [3.05, 3.63) is 97.0 Å². The quantitative estimate of drug-likeness (QED) is 0.316. The maximum atomic E-state index is 13.9. The zero-order valence-electron chi connectivity index (χ0n) is 21.0. The number of halogens is 1. The fraction of sp³-hybridized carbons (Fsp3) is 0.214. The number of rotatable bonds is 5. The molecule has 0 spiro atoms. The summed E-state index contributed by atoms with van der Waals surface area (Å²) in [6.45, 7) is 9.07. The second-order valence-electron chi connectivity index (χ2n) is 9.24. The maximum Gasteiger partial charge on any atom is 0.439 e. The Kier molecular flexibility index (Phi) is 5.99. The summed E-state index contributed by atoms with van der Waals surface area (Å²) in [5.74, 6) is -0.401. The number of H-pyrrole nitrogens is 1. The largest absolute Gasteiger partial charge is 0.455 e. The van der Waals surface area contributed by atoms with Crippen LogP contribution in [0.3, 0.4) is 0 Å². The smallest absolute Gasteiger partial charge is 0.439 e. The highest BCUT2D eigenvalue weighted by Crippen LogP contribution is 2.34. The van der Waals surface area contributed by atoms with Crippen molar-refractivity contribution in [3.8, 4) is 22.8 Å². The standard InChI is InChI=1S/C28H25FN4O4/c1-13-10-19(17(5)31-22-9-6-15(3)30-23(22)27-32-28(35)37-33-27)26-20(11-13)24(34)16(4)25(36-26)18-7-8-21(29)14(2)12-18/h6-12,17,31H,1-5H3,(H,32,33,35). The lowest BCUT2D eigenvalue weighted by atomic mass is 9.98. The van der Waals surface area contributed by atoms with Crippen LogP contribution in [0.15, 0.2) is 61.0 Å². The molecule has 0 bridgehead atoms. The van der Waals surface area contributed by atoms with Crippen LogP contribution >= 0.6 is 0 Å². The van der Waals surface area contributed by atoms with Crippen LogP contribution in [0.25, 0.3) is 33.8 Å². The molecule has 5 aromatic rings. The van der Waals surface area contributed by atoms with Gasteiger partial charge in [0.1, 0.15) is 22.9 Å². The summed E-state index contributed by atoms with van der Waals surface area (Å²) in [5, 5.41) is 7.66. The Bertz CT molecular complexity index is 1780. The van der Waals surface area contributed by atoms with E-state index in [1.165, 1.54) is 6.07 Å². The Morgan fingerprint density at radius 3 is 2.51 bits per heavy atom. The van der Waals surface area contributed by atoms with Crippen LogP contribution in [-0.4, -0.2) is 15.1 Å². The van der Waals surface area contributed by atoms with E-state index < -0.39 is 5.76 Å². The zero-order chi connectivity index (χ0) is 26.4. The molecule has 1 unspecified atom stereocenters. The van der Waals surface area contributed by atoms with Gasteiger partial charge in [0.05, 0.1) is 17.1 Å². The lowest BCUT2D eigenvalue weighted by Gasteiger charge is -2.20. The molecule has 2 N–H and O–H groups in total. The number of benzene rings is 2. The molecule has 0 amide bonds. The Morgan fingerprint density at radius 1 is 1.03 bits per heavy atom. The van der Waals surface area contributed by atoms with Crippen molar-refractivity contribution in [1.82, 2.24) is 15.1 Å². The van der Waals surface area contributed by atoms with Crippen LogP contribution in [0, 0.1) is 33.5 Å². The van der Waals surface area contributed by atoms with Gasteiger partial charge in [-0.25, -0.2) is 14.2 Å². The summed E-state index contributed by atoms with van der Waals surface area (Å²) < 4.78 is 25.0. The average Bonchev–Trinajstić information content (AvgIpc) is 3.30. The number of aryl methyl sites for hydroxylation is 3. The number of anilines is 1. The first kappa shape index (κ1) is 24.2. The number of hydrogen-bond acceptors (Lipinski definition) is 7. The van der Waals surface area contributed by atoms with E-state index in [2.05, 4.69) is 25.0 Å². The van der Waals surface area contributed by atoms with Crippen LogP contribution in [-0.2, 0) is 0 Å². The second-order valence-corrected chi connectivity index (χ2v) is 9.24. The monoisotopic (exact) mass is 500 g/mol. The molecule has 0 saturated heterocycles. The molecular formula is C28H25FN4O4. The molecule has 3 heterocycles. The minimum absolute atomic E-state index is 0.145. The first-order chi connectivity index (χ1) is 17.6. The van der Waals surface area contributed by atoms with E-state index in [4.69, 9.17) is 4.42 Å². The lowest BCUT2D eigenvalue weighted by Crippen LogP contribution is -2.13. The molecule has 0 aliphatic rings. The fourth-order valence-electron chi connectivity index (χ4n) is 4.45. The van der Waals surface area contributed by atoms with Crippen molar-refractivity contribution in [3.63, 3.8) is 0 Å². The second kappa shape index (κ2) is 9.16. The first-order valence-electron chi connectivity index (χ1n) is 11.8. The highest BCUT2D eigenvalue weighted by atomic mass is 19.1. The van der Waals surface area contributed by atoms with Gasteiger partial charge in [-0.1, -0.05) is 11.2 Å². The van der Waals surface area contributed by atoms with E-state index in [1.807, 2.05) is 45.0 Å². The molecule has 0 saturated carbocycles. The van der Waals surface area contributed by atoms with Gasteiger partial charge in [0.15, 0.2) is 5.43 Å². The molecule has 0 aliphatic carbocycles. The van der Waals surface area contributed by atoms with Gasteiger partial charge in [-0.05, 0) is 82.1 Å². The highest BCUT2D eigenvalue weighted by molar-refractivity contribution is 5.85. The Hall–Kier alpha value is -4.53. The molecule has 2 aromatic carbocycles. The average molecular weight is 501 g/mol. The Morgan fingerprint density at radius 2 is 1.81 bits per heavy atom. The van der Waals surface area contributed by atoms with Gasteiger partial charge in [-0.2, -0.15) is 0 Å². The molecule has 5 rings (SSSR count). The molecular weight excluding hydrogens is 475 g/mol. The third-order valence-electron chi connectivity index (χ3n) is 6.35. The van der Waals surface area contributed by atoms with Crippen molar-refractivity contribution >= 4 is 16.7 Å². The Balaban J connectivity index is 1.65. The highest BCUT2D eigenvalue weighted by Gasteiger charge is 2.21. The van der Waals surface area contributed by atoms with Crippen molar-refractivity contribution < 1.29 is 13.3 Å². The molecule has 0 fully saturated rings. The number of hydrogen-bond donors (Lipinski definition) is 2. The van der Waals surface area contributed by atoms with Gasteiger partial charge in [0.2, 0.25) is 5.82 Å². The molecule has 0 aliphatic heterocycles. The van der Waals surface area contributed by atoms with Crippen LogP contribution < -0.4 is 16.5 Å². The topological polar surface area (TPSA) is 114 Å². The summed E-state index contributed by atoms with van der Waals surface area (Å²) in [6.07, 6.45) is 0. The van der Waals surface area contributed by atoms with E-state index in [-0.39, 0.29) is 23.1 Å². The minimum Gasteiger partial charge on any atom is -0.455 e. The number of nitrogens with one attached hydrogen (secondary N) is 2. The van der Waals surface area contributed by atoms with Crippen molar-refractivity contribution in [2.45, 2.75) is 40.7 Å². The number of pyridine rings is 1. The fourth-order valence-corrected chi connectivity index (χ4v) is 4.45. The number of nitrogens with zero attached hydrogens (tertiary/aromatic N) is 2. The molecule has 8 nitrogen and oxygen atoms in total. The number of fused-ring (bicyclic) bond motifs is 1. The van der Waals surface area contributed by atoms with E-state index in [9.17, 15) is 14.0 Å². The van der Waals surface area contributed by atoms with Gasteiger partial charge in [-0.15, -0.1) is 0 Å². The third kappa shape index (κ3) is 4.44. The molecule has 3 aromatic heterocycles. The normalized spacial score (nSPS) is 12.2. The van der Waals surface area contributed by atoms with E-state index in [1.54, 1.807) is 26.0 Å². The van der Waals surface area contributed by atoms with E-state index in [0.29, 0.717) is 44.8 Å². The summed E-state index contributed by atoms with van der Waals surface area (Å²) >= 11 is 0. The van der Waals surface area contributed by atoms with Crippen LogP contribution in [0.4, 0.5) is 10.1 Å². The van der Waals surface area contributed by atoms with Crippen LogP contribution in [0.1, 0.15) is 40.9 Å². The summed E-state index contributed by atoms with van der Waals surface area (Å²) in [6, 6.07) is 11.8. The number of aromatic amines is 1. The zero-order valence-corrected chi connectivity index (χ0v) is 21.0. The predicted molar refractivity (Wildman–Crippen MR) is 139 cm³/mol. The lowest BCUT2D eigenvalue weighted by molar-refractivity contribution is 0.388. The van der Waals surface area contributed by atoms with Crippen molar-refractivity contribution in [2.24, 2.45) is 0 Å². The predicted octanol–water partition coefficient (Wildman–Crippen LogP) is 5.74. The number of aromatic nitrogens is 3. The SMILES string of the molecule is Cc1cc(C(C)Nc2ccc(C)nc2-c2noc(=O)[nH]2)c2oc(-c3ccc(F)c(C)c3)c(C)c(=O)c2c1. The summed E-state index contributed by atoms with van der Waals surface area (Å²) in [7, 11) is 0. The Labute approximate surface area is 211 Å². The van der Waals surface area contributed by atoms with E-state index in [0.717, 1.165) is 16.8 Å². The molecule has 0 radical (unpaired) electrons. The molecule has 188 valence electrons. The first-order valence-corrected chi connectivity index (χ1v) is 11.8. The van der Waals surface area contributed by atoms with Gasteiger partial charge in [0, 0.05) is 22.4 Å². The minimum atomic E-state index is -0.678. The van der Waals surface area contributed by atoms with Gasteiger partial charge in [-0.3, -0.25) is 14.3 Å². The van der Waals surface area contributed by atoms with Crippen LogP contribution in [0.5, 0.6) is 0 Å².